The molecule has 0 unspecified atom stereocenters. The highest BCUT2D eigenvalue weighted by atomic mass is 16.7. The summed E-state index contributed by atoms with van der Waals surface area (Å²) in [5, 5.41) is 3.27. The van der Waals surface area contributed by atoms with Gasteiger partial charge >= 0.3 is 0 Å². The third-order valence-electron chi connectivity index (χ3n) is 6.38. The van der Waals surface area contributed by atoms with Crippen LogP contribution in [-0.2, 0) is 4.79 Å². The smallest absolute Gasteiger partial charge is 0.231 e. The molecule has 1 aliphatic heterocycles. The molecule has 1 N–H and O–H groups in total. The molecule has 2 aromatic carbocycles. The Balaban J connectivity index is 1.72. The summed E-state index contributed by atoms with van der Waals surface area (Å²) in [6, 6.07) is 12.6. The molecule has 0 bridgehead atoms. The van der Waals surface area contributed by atoms with Gasteiger partial charge < -0.3 is 14.8 Å². The molecule has 0 saturated carbocycles. The van der Waals surface area contributed by atoms with Crippen LogP contribution in [-0.4, -0.2) is 12.7 Å². The molecular formula is C28H39NO3. The number of hydrogen-bond acceptors (Lipinski definition) is 3. The minimum atomic E-state index is 0.0984. The van der Waals surface area contributed by atoms with E-state index in [4.69, 9.17) is 9.47 Å². The first-order valence-corrected chi connectivity index (χ1v) is 12.2. The van der Waals surface area contributed by atoms with Gasteiger partial charge in [-0.15, -0.1) is 0 Å². The Labute approximate surface area is 193 Å². The fourth-order valence-corrected chi connectivity index (χ4v) is 4.49. The van der Waals surface area contributed by atoms with Gasteiger partial charge in [-0.05, 0) is 59.4 Å². The van der Waals surface area contributed by atoms with Crippen LogP contribution in [0.15, 0.2) is 36.4 Å². The van der Waals surface area contributed by atoms with E-state index in [1.807, 2.05) is 6.07 Å². The lowest BCUT2D eigenvalue weighted by atomic mass is 9.88. The molecular weight excluding hydrogens is 398 g/mol. The Hall–Kier alpha value is -2.49. The van der Waals surface area contributed by atoms with Crippen molar-refractivity contribution in [2.75, 3.05) is 12.1 Å². The average Bonchev–Trinajstić information content (AvgIpc) is 3.23. The van der Waals surface area contributed by atoms with E-state index in [9.17, 15) is 4.79 Å². The molecule has 0 fully saturated rings. The Kier molecular flexibility index (Phi) is 8.60. The zero-order valence-corrected chi connectivity index (χ0v) is 20.4. The van der Waals surface area contributed by atoms with Gasteiger partial charge in [0.05, 0.1) is 0 Å². The molecule has 0 spiro atoms. The molecule has 0 radical (unpaired) electrons. The van der Waals surface area contributed by atoms with Crippen LogP contribution >= 0.6 is 0 Å². The Morgan fingerprint density at radius 2 is 1.62 bits per heavy atom. The van der Waals surface area contributed by atoms with Crippen LogP contribution in [0.3, 0.4) is 0 Å². The second kappa shape index (κ2) is 11.4. The van der Waals surface area contributed by atoms with Crippen LogP contribution in [0.5, 0.6) is 11.5 Å². The summed E-state index contributed by atoms with van der Waals surface area (Å²) in [6.45, 7) is 11.2. The summed E-state index contributed by atoms with van der Waals surface area (Å²) in [7, 11) is 0. The van der Waals surface area contributed by atoms with Gasteiger partial charge in [-0.25, -0.2) is 0 Å². The maximum Gasteiger partial charge on any atom is 0.231 e. The zero-order valence-electron chi connectivity index (χ0n) is 20.4. The van der Waals surface area contributed by atoms with E-state index < -0.39 is 0 Å². The Morgan fingerprint density at radius 3 is 2.28 bits per heavy atom. The van der Waals surface area contributed by atoms with Crippen molar-refractivity contribution < 1.29 is 14.3 Å². The number of unbranched alkanes of at least 4 members (excludes halogenated alkanes) is 2. The number of fused-ring (bicyclic) bond motifs is 1. The number of ether oxygens (including phenoxy) is 2. The summed E-state index contributed by atoms with van der Waals surface area (Å²) < 4.78 is 11.1. The third kappa shape index (κ3) is 6.05. The van der Waals surface area contributed by atoms with Crippen LogP contribution < -0.4 is 14.8 Å². The van der Waals surface area contributed by atoms with Crippen molar-refractivity contribution in [2.24, 2.45) is 0 Å². The number of carbonyl (C=O) groups is 1. The van der Waals surface area contributed by atoms with Crippen molar-refractivity contribution in [3.63, 3.8) is 0 Å². The van der Waals surface area contributed by atoms with Gasteiger partial charge in [0, 0.05) is 12.1 Å². The van der Waals surface area contributed by atoms with Gasteiger partial charge in [-0.2, -0.15) is 0 Å². The van der Waals surface area contributed by atoms with Crippen LogP contribution in [0, 0.1) is 0 Å². The first-order chi connectivity index (χ1) is 15.4. The lowest BCUT2D eigenvalue weighted by molar-refractivity contribution is -0.116. The lowest BCUT2D eigenvalue weighted by Gasteiger charge is -2.21. The largest absolute Gasteiger partial charge is 0.454 e. The van der Waals surface area contributed by atoms with Crippen molar-refractivity contribution in [2.45, 2.75) is 90.9 Å². The van der Waals surface area contributed by atoms with Crippen molar-refractivity contribution in [3.05, 3.63) is 53.1 Å². The van der Waals surface area contributed by atoms with Crippen LogP contribution in [0.4, 0.5) is 5.69 Å². The molecule has 32 heavy (non-hydrogen) atoms. The third-order valence-corrected chi connectivity index (χ3v) is 6.38. The molecule has 0 aromatic heterocycles. The molecule has 1 heterocycles. The van der Waals surface area contributed by atoms with Crippen LogP contribution in [0.2, 0.25) is 0 Å². The molecule has 4 nitrogen and oxygen atoms in total. The number of amides is 1. The van der Waals surface area contributed by atoms with Gasteiger partial charge in [-0.1, -0.05) is 78.1 Å². The quantitative estimate of drug-likeness (QED) is 0.366. The number of rotatable bonds is 11. The van der Waals surface area contributed by atoms with E-state index in [0.29, 0.717) is 24.2 Å². The molecule has 3 rings (SSSR count). The minimum absolute atomic E-state index is 0.0984. The number of carbonyl (C=O) groups excluding carboxylic acids is 1. The van der Waals surface area contributed by atoms with Crippen LogP contribution in [0.25, 0.3) is 0 Å². The second-order valence-corrected chi connectivity index (χ2v) is 9.51. The summed E-state index contributed by atoms with van der Waals surface area (Å²) in [4.78, 5) is 13.1. The molecule has 1 amide bonds. The molecule has 174 valence electrons. The van der Waals surface area contributed by atoms with Crippen molar-refractivity contribution in [1.82, 2.24) is 0 Å². The monoisotopic (exact) mass is 437 g/mol. The number of anilines is 1. The summed E-state index contributed by atoms with van der Waals surface area (Å²) in [5.41, 5.74) is 4.66. The number of hydrogen-bond donors (Lipinski definition) is 1. The molecule has 2 aromatic rings. The Morgan fingerprint density at radius 1 is 0.938 bits per heavy atom. The van der Waals surface area contributed by atoms with Gasteiger partial charge in [-0.3, -0.25) is 4.79 Å². The van der Waals surface area contributed by atoms with Gasteiger partial charge in [0.15, 0.2) is 11.5 Å². The van der Waals surface area contributed by atoms with E-state index in [1.54, 1.807) is 0 Å². The summed E-state index contributed by atoms with van der Waals surface area (Å²) >= 11 is 0. The van der Waals surface area contributed by atoms with Crippen molar-refractivity contribution in [3.8, 4) is 11.5 Å². The topological polar surface area (TPSA) is 47.6 Å². The SMILES string of the molecule is CCCCC[C@H](CCC(=O)Nc1c(C(C)C)cccc1C(C)C)c1ccc2c(c1)OCO2. The summed E-state index contributed by atoms with van der Waals surface area (Å²) in [6.07, 6.45) is 6.00. The molecule has 4 heteroatoms. The first-order valence-electron chi connectivity index (χ1n) is 12.2. The van der Waals surface area contributed by atoms with E-state index in [2.05, 4.69) is 70.3 Å². The van der Waals surface area contributed by atoms with Crippen molar-refractivity contribution >= 4 is 11.6 Å². The predicted octanol–water partition coefficient (Wildman–Crippen LogP) is 7.74. The van der Waals surface area contributed by atoms with Crippen molar-refractivity contribution in [1.29, 1.82) is 0 Å². The van der Waals surface area contributed by atoms with Gasteiger partial charge in [0.2, 0.25) is 12.7 Å². The normalized spacial score (nSPS) is 13.6. The second-order valence-electron chi connectivity index (χ2n) is 9.51. The van der Waals surface area contributed by atoms with Gasteiger partial charge in [0.25, 0.3) is 0 Å². The molecule has 0 saturated heterocycles. The summed E-state index contributed by atoms with van der Waals surface area (Å²) in [5.74, 6) is 2.79. The highest BCUT2D eigenvalue weighted by Gasteiger charge is 2.20. The fourth-order valence-electron chi connectivity index (χ4n) is 4.49. The standard InChI is InChI=1S/C28H39NO3/c1-6-7-8-10-21(22-13-15-25-26(17-22)32-18-31-25)14-16-27(30)29-28-23(19(2)3)11-9-12-24(28)20(4)5/h9,11-13,15,17,19-21H,6-8,10,14,16,18H2,1-5H3,(H,29,30)/t21-/m1/s1. The average molecular weight is 438 g/mol. The number of para-hydroxylation sites is 1. The highest BCUT2D eigenvalue weighted by Crippen LogP contribution is 2.38. The fraction of sp³-hybridized carbons (Fsp3) is 0.536. The molecule has 1 aliphatic rings. The number of benzene rings is 2. The van der Waals surface area contributed by atoms with E-state index in [1.165, 1.54) is 36.0 Å². The number of nitrogens with one attached hydrogen (secondary N) is 1. The predicted molar refractivity (Wildman–Crippen MR) is 132 cm³/mol. The van der Waals surface area contributed by atoms with E-state index >= 15 is 0 Å². The highest BCUT2D eigenvalue weighted by molar-refractivity contribution is 5.92. The molecule has 1 atom stereocenters. The zero-order chi connectivity index (χ0) is 23.1. The van der Waals surface area contributed by atoms with Crippen LogP contribution in [0.1, 0.15) is 108 Å². The maximum atomic E-state index is 13.1. The molecule has 0 aliphatic carbocycles. The lowest BCUT2D eigenvalue weighted by Crippen LogP contribution is -2.16. The minimum Gasteiger partial charge on any atom is -0.454 e. The van der Waals surface area contributed by atoms with E-state index in [-0.39, 0.29) is 12.7 Å². The van der Waals surface area contributed by atoms with Gasteiger partial charge in [0.1, 0.15) is 0 Å². The van der Waals surface area contributed by atoms with E-state index in [0.717, 1.165) is 30.0 Å². The Bertz CT molecular complexity index is 877. The first kappa shape index (κ1) is 24.2. The maximum absolute atomic E-state index is 13.1.